The van der Waals surface area contributed by atoms with Crippen LogP contribution in [0.1, 0.15) is 5.56 Å². The van der Waals surface area contributed by atoms with E-state index in [9.17, 15) is 8.42 Å². The Hall–Kier alpha value is -1.56. The summed E-state index contributed by atoms with van der Waals surface area (Å²) in [5.74, 6) is 0.613. The van der Waals surface area contributed by atoms with Crippen LogP contribution in [-0.4, -0.2) is 15.5 Å². The zero-order chi connectivity index (χ0) is 14.6. The molecule has 0 saturated carbocycles. The number of ether oxygens (including phenoxy) is 1. The van der Waals surface area contributed by atoms with E-state index in [2.05, 4.69) is 4.72 Å². The van der Waals surface area contributed by atoms with Crippen molar-refractivity contribution in [3.05, 3.63) is 59.1 Å². The third-order valence-electron chi connectivity index (χ3n) is 2.75. The zero-order valence-corrected chi connectivity index (χ0v) is 12.4. The molecule has 0 aliphatic heterocycles. The van der Waals surface area contributed by atoms with Gasteiger partial charge in [0.2, 0.25) is 10.0 Å². The Labute approximate surface area is 123 Å². The molecule has 6 heteroatoms. The van der Waals surface area contributed by atoms with Gasteiger partial charge in [-0.3, -0.25) is 0 Å². The number of rotatable bonds is 5. The molecule has 0 aliphatic rings. The highest BCUT2D eigenvalue weighted by molar-refractivity contribution is 7.89. The average Bonchev–Trinajstić information content (AvgIpc) is 2.47. The minimum Gasteiger partial charge on any atom is -0.497 e. The molecule has 0 amide bonds. The summed E-state index contributed by atoms with van der Waals surface area (Å²) in [5.41, 5.74) is 0.839. The number of methoxy groups -OCH3 is 1. The largest absolute Gasteiger partial charge is 0.497 e. The van der Waals surface area contributed by atoms with E-state index >= 15 is 0 Å². The molecular formula is C14H14ClNO3S. The second kappa shape index (κ2) is 6.26. The van der Waals surface area contributed by atoms with Gasteiger partial charge in [-0.2, -0.15) is 0 Å². The van der Waals surface area contributed by atoms with Gasteiger partial charge in [0.15, 0.2) is 0 Å². The Balaban J connectivity index is 2.08. The molecule has 4 nitrogen and oxygen atoms in total. The zero-order valence-electron chi connectivity index (χ0n) is 10.8. The molecule has 1 N–H and O–H groups in total. The first-order valence-corrected chi connectivity index (χ1v) is 7.75. The Bertz CT molecular complexity index is 667. The van der Waals surface area contributed by atoms with E-state index in [1.807, 2.05) is 0 Å². The maximum absolute atomic E-state index is 12.1. The number of hydrogen-bond acceptors (Lipinski definition) is 3. The summed E-state index contributed by atoms with van der Waals surface area (Å²) >= 11 is 5.78. The van der Waals surface area contributed by atoms with E-state index in [0.717, 1.165) is 5.56 Å². The highest BCUT2D eigenvalue weighted by Gasteiger charge is 2.13. The Morgan fingerprint density at radius 3 is 2.20 bits per heavy atom. The molecule has 0 unspecified atom stereocenters. The molecule has 106 valence electrons. The second-order valence-electron chi connectivity index (χ2n) is 4.13. The number of nitrogens with one attached hydrogen (secondary N) is 1. The molecule has 0 fully saturated rings. The van der Waals surface area contributed by atoms with Crippen LogP contribution in [0.5, 0.6) is 5.75 Å². The Morgan fingerprint density at radius 1 is 1.05 bits per heavy atom. The molecule has 0 spiro atoms. The molecule has 2 aromatic carbocycles. The van der Waals surface area contributed by atoms with E-state index < -0.39 is 10.0 Å². The van der Waals surface area contributed by atoms with Crippen molar-refractivity contribution in [2.24, 2.45) is 0 Å². The van der Waals surface area contributed by atoms with Gasteiger partial charge in [0.25, 0.3) is 0 Å². The van der Waals surface area contributed by atoms with Crippen LogP contribution in [0.3, 0.4) is 0 Å². The van der Waals surface area contributed by atoms with Gasteiger partial charge in [-0.25, -0.2) is 13.1 Å². The molecule has 0 radical (unpaired) electrons. The Kier molecular flexibility index (Phi) is 4.65. The third kappa shape index (κ3) is 3.72. The summed E-state index contributed by atoms with van der Waals surface area (Å²) in [7, 11) is -2.00. The van der Waals surface area contributed by atoms with Gasteiger partial charge >= 0.3 is 0 Å². The van der Waals surface area contributed by atoms with E-state index in [1.165, 1.54) is 19.2 Å². The van der Waals surface area contributed by atoms with E-state index in [-0.39, 0.29) is 11.4 Å². The van der Waals surface area contributed by atoms with Gasteiger partial charge in [0, 0.05) is 11.6 Å². The van der Waals surface area contributed by atoms with Crippen molar-refractivity contribution in [2.45, 2.75) is 11.4 Å². The van der Waals surface area contributed by atoms with Crippen molar-refractivity contribution in [3.63, 3.8) is 0 Å². The predicted molar refractivity (Wildman–Crippen MR) is 78.5 cm³/mol. The molecule has 0 atom stereocenters. The second-order valence-corrected chi connectivity index (χ2v) is 6.33. The van der Waals surface area contributed by atoms with Gasteiger partial charge in [-0.1, -0.05) is 23.7 Å². The minimum absolute atomic E-state index is 0.201. The SMILES string of the molecule is COc1ccc(S(=O)(=O)NCc2ccc(Cl)cc2)cc1. The van der Waals surface area contributed by atoms with E-state index in [4.69, 9.17) is 16.3 Å². The summed E-state index contributed by atoms with van der Waals surface area (Å²) in [4.78, 5) is 0.201. The molecule has 2 rings (SSSR count). The fourth-order valence-corrected chi connectivity index (χ4v) is 2.76. The third-order valence-corrected chi connectivity index (χ3v) is 4.42. The lowest BCUT2D eigenvalue weighted by Gasteiger charge is -2.07. The van der Waals surface area contributed by atoms with Gasteiger partial charge in [-0.05, 0) is 42.0 Å². The summed E-state index contributed by atoms with van der Waals surface area (Å²) in [6.07, 6.45) is 0. The quantitative estimate of drug-likeness (QED) is 0.924. The van der Waals surface area contributed by atoms with Crippen LogP contribution in [0.15, 0.2) is 53.4 Å². The van der Waals surface area contributed by atoms with Crippen LogP contribution in [0.2, 0.25) is 5.02 Å². The molecule has 0 heterocycles. The van der Waals surface area contributed by atoms with Crippen molar-refractivity contribution in [1.29, 1.82) is 0 Å². The summed E-state index contributed by atoms with van der Waals surface area (Å²) in [5, 5.41) is 0.617. The monoisotopic (exact) mass is 311 g/mol. The highest BCUT2D eigenvalue weighted by Crippen LogP contribution is 2.16. The molecule has 0 bridgehead atoms. The predicted octanol–water partition coefficient (Wildman–Crippen LogP) is 2.83. The van der Waals surface area contributed by atoms with Crippen molar-refractivity contribution in [2.75, 3.05) is 7.11 Å². The molecule has 2 aromatic rings. The van der Waals surface area contributed by atoms with Gasteiger partial charge in [0.05, 0.1) is 12.0 Å². The van der Waals surface area contributed by atoms with Crippen molar-refractivity contribution < 1.29 is 13.2 Å². The lowest BCUT2D eigenvalue weighted by Crippen LogP contribution is -2.23. The van der Waals surface area contributed by atoms with Gasteiger partial charge < -0.3 is 4.74 Å². The maximum Gasteiger partial charge on any atom is 0.240 e. The summed E-state index contributed by atoms with van der Waals surface area (Å²) in [6, 6.07) is 13.2. The average molecular weight is 312 g/mol. The normalized spacial score (nSPS) is 11.3. The van der Waals surface area contributed by atoms with Crippen LogP contribution >= 0.6 is 11.6 Å². The number of halogens is 1. The number of benzene rings is 2. The van der Waals surface area contributed by atoms with Crippen LogP contribution < -0.4 is 9.46 Å². The van der Waals surface area contributed by atoms with Crippen LogP contribution in [0.25, 0.3) is 0 Å². The molecule has 0 saturated heterocycles. The summed E-state index contributed by atoms with van der Waals surface area (Å²) in [6.45, 7) is 0.214. The topological polar surface area (TPSA) is 55.4 Å². The van der Waals surface area contributed by atoms with Gasteiger partial charge in [-0.15, -0.1) is 0 Å². The maximum atomic E-state index is 12.1. The molecule has 0 aromatic heterocycles. The minimum atomic E-state index is -3.53. The lowest BCUT2D eigenvalue weighted by molar-refractivity contribution is 0.414. The van der Waals surface area contributed by atoms with Gasteiger partial charge in [0.1, 0.15) is 5.75 Å². The van der Waals surface area contributed by atoms with Crippen molar-refractivity contribution >= 4 is 21.6 Å². The fourth-order valence-electron chi connectivity index (χ4n) is 1.62. The number of sulfonamides is 1. The van der Waals surface area contributed by atoms with Crippen LogP contribution in [0, 0.1) is 0 Å². The number of hydrogen-bond donors (Lipinski definition) is 1. The smallest absolute Gasteiger partial charge is 0.240 e. The first kappa shape index (κ1) is 14.8. The molecule has 0 aliphatic carbocycles. The standard InChI is InChI=1S/C14H14ClNO3S/c1-19-13-6-8-14(9-7-13)20(17,18)16-10-11-2-4-12(15)5-3-11/h2-9,16H,10H2,1H3. The van der Waals surface area contributed by atoms with E-state index in [1.54, 1.807) is 36.4 Å². The highest BCUT2D eigenvalue weighted by atomic mass is 35.5. The first-order valence-electron chi connectivity index (χ1n) is 5.89. The van der Waals surface area contributed by atoms with Crippen molar-refractivity contribution in [1.82, 2.24) is 4.72 Å². The van der Waals surface area contributed by atoms with E-state index in [0.29, 0.717) is 10.8 Å². The Morgan fingerprint density at radius 2 is 1.65 bits per heavy atom. The lowest BCUT2D eigenvalue weighted by atomic mass is 10.2. The first-order chi connectivity index (χ1) is 9.51. The summed E-state index contributed by atoms with van der Waals surface area (Å²) < 4.78 is 31.7. The molecular weight excluding hydrogens is 298 g/mol. The van der Waals surface area contributed by atoms with Crippen LogP contribution in [-0.2, 0) is 16.6 Å². The fraction of sp³-hybridized carbons (Fsp3) is 0.143. The van der Waals surface area contributed by atoms with Crippen molar-refractivity contribution in [3.8, 4) is 5.75 Å². The molecule has 20 heavy (non-hydrogen) atoms. The van der Waals surface area contributed by atoms with Crippen LogP contribution in [0.4, 0.5) is 0 Å².